The van der Waals surface area contributed by atoms with E-state index in [4.69, 9.17) is 13.3 Å². The maximum atomic E-state index is 5.95. The van der Waals surface area contributed by atoms with Crippen molar-refractivity contribution in [3.63, 3.8) is 0 Å². The van der Waals surface area contributed by atoms with Crippen LogP contribution in [0, 0.1) is 6.92 Å². The predicted octanol–water partition coefficient (Wildman–Crippen LogP) is 2.12. The van der Waals surface area contributed by atoms with E-state index < -0.39 is 13.7 Å². The Bertz CT molecular complexity index is 372. The fourth-order valence-electron chi connectivity index (χ4n) is 1.69. The van der Waals surface area contributed by atoms with Crippen molar-refractivity contribution in [3.05, 3.63) is 29.8 Å². The van der Waals surface area contributed by atoms with Crippen LogP contribution in [0.1, 0.15) is 19.4 Å². The topological polar surface area (TPSA) is 27.7 Å². The maximum Gasteiger partial charge on any atom is 0.537 e. The van der Waals surface area contributed by atoms with Crippen LogP contribution in [0.4, 0.5) is 0 Å². The van der Waals surface area contributed by atoms with Crippen molar-refractivity contribution in [2.24, 2.45) is 0 Å². The van der Waals surface area contributed by atoms with E-state index in [2.05, 4.69) is 12.6 Å². The molecule has 0 radical (unpaired) electrons. The van der Waals surface area contributed by atoms with Gasteiger partial charge in [-0.3, -0.25) is 0 Å². The van der Waals surface area contributed by atoms with Gasteiger partial charge in [0.2, 0.25) is 0 Å². The first-order valence-electron chi connectivity index (χ1n) is 5.43. The SMILES string of the molecule is CO[Si](OC)(OC(C)(C)S)c1ccccc1C. The number of benzene rings is 1. The first kappa shape index (κ1) is 14.7. The summed E-state index contributed by atoms with van der Waals surface area (Å²) in [5, 5.41) is 0.979. The van der Waals surface area contributed by atoms with Crippen molar-refractivity contribution in [1.82, 2.24) is 0 Å². The van der Waals surface area contributed by atoms with Crippen molar-refractivity contribution in [2.75, 3.05) is 14.2 Å². The highest BCUT2D eigenvalue weighted by Gasteiger charge is 2.46. The minimum Gasteiger partial charge on any atom is -0.373 e. The second-order valence-corrected chi connectivity index (χ2v) is 8.08. The molecule has 0 aromatic heterocycles. The van der Waals surface area contributed by atoms with Crippen molar-refractivity contribution >= 4 is 26.6 Å². The Labute approximate surface area is 110 Å². The van der Waals surface area contributed by atoms with Gasteiger partial charge in [0.15, 0.2) is 0 Å². The van der Waals surface area contributed by atoms with E-state index >= 15 is 0 Å². The number of rotatable bonds is 5. The van der Waals surface area contributed by atoms with Crippen LogP contribution in [0.5, 0.6) is 0 Å². The summed E-state index contributed by atoms with van der Waals surface area (Å²) in [6.07, 6.45) is 0. The minimum absolute atomic E-state index is 0.611. The number of hydrogen-bond acceptors (Lipinski definition) is 4. The Morgan fingerprint density at radius 3 is 2.06 bits per heavy atom. The molecule has 1 aromatic carbocycles. The lowest BCUT2D eigenvalue weighted by Crippen LogP contribution is -2.59. The Morgan fingerprint density at radius 2 is 1.65 bits per heavy atom. The zero-order valence-electron chi connectivity index (χ0n) is 11.0. The molecule has 0 spiro atoms. The lowest BCUT2D eigenvalue weighted by atomic mass is 10.2. The summed E-state index contributed by atoms with van der Waals surface area (Å²) in [6, 6.07) is 7.93. The molecule has 0 aliphatic heterocycles. The van der Waals surface area contributed by atoms with Crippen molar-refractivity contribution in [2.45, 2.75) is 25.7 Å². The molecule has 0 heterocycles. The standard InChI is InChI=1S/C12H20O3SSi/c1-10-8-6-7-9-11(10)17(13-4,14-5)15-12(2,3)16/h6-9,16H,1-5H3. The van der Waals surface area contributed by atoms with Crippen LogP contribution in [-0.2, 0) is 13.3 Å². The molecule has 3 nitrogen and oxygen atoms in total. The van der Waals surface area contributed by atoms with Crippen molar-refractivity contribution < 1.29 is 13.3 Å². The normalized spacial score (nSPS) is 12.8. The monoisotopic (exact) mass is 272 g/mol. The Kier molecular flexibility index (Phi) is 4.80. The molecule has 1 aromatic rings. The lowest BCUT2D eigenvalue weighted by molar-refractivity contribution is 0.0683. The summed E-state index contributed by atoms with van der Waals surface area (Å²) in [5.74, 6) is 0. The van der Waals surface area contributed by atoms with E-state index in [1.807, 2.05) is 45.0 Å². The molecule has 0 unspecified atom stereocenters. The van der Waals surface area contributed by atoms with Gasteiger partial charge in [-0.1, -0.05) is 24.3 Å². The lowest BCUT2D eigenvalue weighted by Gasteiger charge is -2.33. The van der Waals surface area contributed by atoms with E-state index in [0.717, 1.165) is 10.8 Å². The number of hydrogen-bond donors (Lipinski definition) is 1. The Morgan fingerprint density at radius 1 is 1.12 bits per heavy atom. The van der Waals surface area contributed by atoms with Crippen LogP contribution < -0.4 is 5.19 Å². The zero-order chi connectivity index (χ0) is 13.1. The average Bonchev–Trinajstić information content (AvgIpc) is 2.25. The third-order valence-corrected chi connectivity index (χ3v) is 5.73. The van der Waals surface area contributed by atoms with Crippen LogP contribution >= 0.6 is 12.6 Å². The van der Waals surface area contributed by atoms with E-state index in [1.54, 1.807) is 14.2 Å². The largest absolute Gasteiger partial charge is 0.537 e. The van der Waals surface area contributed by atoms with E-state index in [0.29, 0.717) is 0 Å². The minimum atomic E-state index is -2.88. The van der Waals surface area contributed by atoms with Gasteiger partial charge in [0, 0.05) is 19.4 Å². The molecular formula is C12H20O3SSi. The van der Waals surface area contributed by atoms with Crippen LogP contribution in [-0.4, -0.2) is 28.0 Å². The highest BCUT2D eigenvalue weighted by atomic mass is 32.1. The van der Waals surface area contributed by atoms with Crippen LogP contribution in [0.25, 0.3) is 0 Å². The van der Waals surface area contributed by atoms with Gasteiger partial charge in [-0.25, -0.2) is 0 Å². The molecule has 0 aliphatic rings. The van der Waals surface area contributed by atoms with Crippen molar-refractivity contribution in [1.29, 1.82) is 0 Å². The average molecular weight is 272 g/mol. The molecule has 0 N–H and O–H groups in total. The van der Waals surface area contributed by atoms with Gasteiger partial charge in [-0.2, -0.15) is 0 Å². The van der Waals surface area contributed by atoms with E-state index in [-0.39, 0.29) is 0 Å². The van der Waals surface area contributed by atoms with Crippen LogP contribution in [0.3, 0.4) is 0 Å². The van der Waals surface area contributed by atoms with E-state index in [1.165, 1.54) is 0 Å². The molecule has 0 atom stereocenters. The Hall–Kier alpha value is -0.333. The fraction of sp³-hybridized carbons (Fsp3) is 0.500. The molecule has 1 rings (SSSR count). The van der Waals surface area contributed by atoms with Crippen LogP contribution in [0.2, 0.25) is 0 Å². The highest BCUT2D eigenvalue weighted by molar-refractivity contribution is 7.81. The van der Waals surface area contributed by atoms with Gasteiger partial charge in [0.05, 0.1) is 4.93 Å². The summed E-state index contributed by atoms with van der Waals surface area (Å²) in [5.41, 5.74) is 1.10. The zero-order valence-corrected chi connectivity index (χ0v) is 12.9. The van der Waals surface area contributed by atoms with Crippen molar-refractivity contribution in [3.8, 4) is 0 Å². The third-order valence-electron chi connectivity index (χ3n) is 2.40. The summed E-state index contributed by atoms with van der Waals surface area (Å²) >= 11 is 4.39. The van der Waals surface area contributed by atoms with Gasteiger partial charge >= 0.3 is 8.80 Å². The third kappa shape index (κ3) is 3.56. The summed E-state index contributed by atoms with van der Waals surface area (Å²) in [6.45, 7) is 5.76. The molecule has 0 bridgehead atoms. The quantitative estimate of drug-likeness (QED) is 0.505. The number of thiol groups is 1. The van der Waals surface area contributed by atoms with Gasteiger partial charge in [-0.15, -0.1) is 12.6 Å². The van der Waals surface area contributed by atoms with Gasteiger partial charge in [0.1, 0.15) is 0 Å². The molecule has 0 saturated carbocycles. The van der Waals surface area contributed by atoms with Crippen LogP contribution in [0.15, 0.2) is 24.3 Å². The van der Waals surface area contributed by atoms with Gasteiger partial charge in [0.25, 0.3) is 0 Å². The predicted molar refractivity (Wildman–Crippen MR) is 74.7 cm³/mol. The second-order valence-electron chi connectivity index (χ2n) is 4.33. The van der Waals surface area contributed by atoms with E-state index in [9.17, 15) is 0 Å². The van der Waals surface area contributed by atoms with Gasteiger partial charge < -0.3 is 13.3 Å². The smallest absolute Gasteiger partial charge is 0.373 e. The summed E-state index contributed by atoms with van der Waals surface area (Å²) < 4.78 is 17.1. The second kappa shape index (κ2) is 5.54. The molecule has 96 valence electrons. The fourth-order valence-corrected chi connectivity index (χ4v) is 4.45. The highest BCUT2D eigenvalue weighted by Crippen LogP contribution is 2.22. The molecule has 0 fully saturated rings. The maximum absolute atomic E-state index is 5.95. The first-order chi connectivity index (χ1) is 7.84. The first-order valence-corrected chi connectivity index (χ1v) is 7.61. The molecule has 0 amide bonds. The molecule has 0 aliphatic carbocycles. The molecule has 17 heavy (non-hydrogen) atoms. The number of aryl methyl sites for hydroxylation is 1. The Balaban J connectivity index is 3.20. The molecular weight excluding hydrogens is 252 g/mol. The van der Waals surface area contributed by atoms with Gasteiger partial charge in [-0.05, 0) is 26.3 Å². The summed E-state index contributed by atoms with van der Waals surface area (Å²) in [4.78, 5) is -0.611. The molecule has 5 heteroatoms. The molecule has 0 saturated heterocycles. The summed E-state index contributed by atoms with van der Waals surface area (Å²) in [7, 11) is 0.350.